The standard InChI is InChI=1S/C10H17NO2.C7H11NO.C6H6.2C2H6/c1-9(12)5-4-6-10(13)11-7-2-3-8-11;9-6-8-5-1-2-7(8)3-4-7;1-2-4-6-5-3-1;2*1-2/h2-8H2,1H3;6H,1-5H2;1-6H;2*1-2H3. The van der Waals surface area contributed by atoms with Crippen LogP contribution in [0.3, 0.4) is 0 Å². The van der Waals surface area contributed by atoms with Crippen molar-refractivity contribution >= 4 is 18.1 Å². The third kappa shape index (κ3) is 12.0. The van der Waals surface area contributed by atoms with Crippen molar-refractivity contribution in [2.24, 2.45) is 0 Å². The molecule has 182 valence electrons. The zero-order valence-electron chi connectivity index (χ0n) is 21.1. The molecule has 0 aromatic heterocycles. The molecule has 1 saturated carbocycles. The van der Waals surface area contributed by atoms with Crippen LogP contribution in [0.5, 0.6) is 0 Å². The van der Waals surface area contributed by atoms with Gasteiger partial charge >= 0.3 is 0 Å². The van der Waals surface area contributed by atoms with E-state index in [9.17, 15) is 14.4 Å². The highest BCUT2D eigenvalue weighted by atomic mass is 16.2. The fourth-order valence-electron chi connectivity index (χ4n) is 3.80. The molecule has 4 rings (SSSR count). The van der Waals surface area contributed by atoms with Crippen molar-refractivity contribution in [1.29, 1.82) is 0 Å². The molecule has 0 radical (unpaired) electrons. The van der Waals surface area contributed by atoms with Gasteiger partial charge in [-0.15, -0.1) is 0 Å². The average molecular weight is 447 g/mol. The van der Waals surface area contributed by atoms with Gasteiger partial charge in [0.1, 0.15) is 5.78 Å². The number of nitrogens with zero attached hydrogens (tertiary/aromatic N) is 2. The van der Waals surface area contributed by atoms with Gasteiger partial charge in [-0.1, -0.05) is 64.1 Å². The van der Waals surface area contributed by atoms with Crippen molar-refractivity contribution in [1.82, 2.24) is 9.80 Å². The highest BCUT2D eigenvalue weighted by molar-refractivity contribution is 5.78. The van der Waals surface area contributed by atoms with Crippen molar-refractivity contribution in [2.75, 3.05) is 19.6 Å². The highest BCUT2D eigenvalue weighted by Crippen LogP contribution is 2.48. The Labute approximate surface area is 196 Å². The Morgan fingerprint density at radius 1 is 0.781 bits per heavy atom. The second-order valence-corrected chi connectivity index (χ2v) is 7.92. The third-order valence-electron chi connectivity index (χ3n) is 5.65. The highest BCUT2D eigenvalue weighted by Gasteiger charge is 2.50. The molecule has 32 heavy (non-hydrogen) atoms. The molecule has 0 unspecified atom stereocenters. The van der Waals surface area contributed by atoms with E-state index in [1.165, 1.54) is 25.7 Å². The van der Waals surface area contributed by atoms with Gasteiger partial charge in [-0.3, -0.25) is 9.59 Å². The number of Topliss-reactive ketones (excluding diaryl/α,β-unsaturated/α-hetero) is 1. The van der Waals surface area contributed by atoms with Gasteiger partial charge in [0.2, 0.25) is 12.3 Å². The summed E-state index contributed by atoms with van der Waals surface area (Å²) in [5.41, 5.74) is 0.377. The van der Waals surface area contributed by atoms with Crippen molar-refractivity contribution in [3.05, 3.63) is 36.4 Å². The second-order valence-electron chi connectivity index (χ2n) is 7.92. The van der Waals surface area contributed by atoms with Gasteiger partial charge in [0.05, 0.1) is 0 Å². The summed E-state index contributed by atoms with van der Waals surface area (Å²) in [6.07, 6.45) is 10.1. The van der Waals surface area contributed by atoms with Crippen LogP contribution in [0.15, 0.2) is 36.4 Å². The van der Waals surface area contributed by atoms with Crippen LogP contribution in [0.2, 0.25) is 0 Å². The van der Waals surface area contributed by atoms with Crippen molar-refractivity contribution in [3.63, 3.8) is 0 Å². The number of benzene rings is 1. The first-order chi connectivity index (χ1) is 15.6. The van der Waals surface area contributed by atoms with Crippen LogP contribution in [-0.4, -0.2) is 53.1 Å². The molecule has 3 fully saturated rings. The zero-order chi connectivity index (χ0) is 24.2. The molecule has 2 amide bonds. The minimum absolute atomic E-state index is 0.175. The fraction of sp³-hybridized carbons (Fsp3) is 0.667. The molecule has 1 spiro atoms. The lowest BCUT2D eigenvalue weighted by atomic mass is 10.2. The SMILES string of the molecule is CC.CC.CC(=O)CCCC(=O)N1CCCC1.O=CN1CCCC12CC2.c1ccccc1. The molecule has 5 heteroatoms. The predicted molar refractivity (Wildman–Crippen MR) is 133 cm³/mol. The maximum Gasteiger partial charge on any atom is 0.222 e. The zero-order valence-corrected chi connectivity index (χ0v) is 21.1. The number of ketones is 1. The van der Waals surface area contributed by atoms with Gasteiger partial charge in [-0.2, -0.15) is 0 Å². The van der Waals surface area contributed by atoms with Crippen LogP contribution in [0, 0.1) is 0 Å². The predicted octanol–water partition coefficient (Wildman–Crippen LogP) is 5.88. The summed E-state index contributed by atoms with van der Waals surface area (Å²) in [5, 5.41) is 0. The van der Waals surface area contributed by atoms with Gasteiger partial charge in [0.15, 0.2) is 0 Å². The molecule has 2 heterocycles. The molecule has 0 atom stereocenters. The van der Waals surface area contributed by atoms with Crippen molar-refractivity contribution in [2.45, 2.75) is 97.9 Å². The van der Waals surface area contributed by atoms with E-state index in [-0.39, 0.29) is 11.7 Å². The van der Waals surface area contributed by atoms with Crippen LogP contribution < -0.4 is 0 Å². The lowest BCUT2D eigenvalue weighted by Gasteiger charge is -2.17. The van der Waals surface area contributed by atoms with E-state index in [0.29, 0.717) is 24.8 Å². The largest absolute Gasteiger partial charge is 0.343 e. The molecule has 1 aromatic rings. The summed E-state index contributed by atoms with van der Waals surface area (Å²) in [6.45, 7) is 12.4. The Balaban J connectivity index is 0.000000439. The third-order valence-corrected chi connectivity index (χ3v) is 5.65. The van der Waals surface area contributed by atoms with Crippen LogP contribution in [0.4, 0.5) is 0 Å². The Morgan fingerprint density at radius 2 is 1.28 bits per heavy atom. The molecule has 5 nitrogen and oxygen atoms in total. The first-order valence-corrected chi connectivity index (χ1v) is 12.6. The topological polar surface area (TPSA) is 57.7 Å². The van der Waals surface area contributed by atoms with Gasteiger partial charge < -0.3 is 14.6 Å². The minimum Gasteiger partial charge on any atom is -0.343 e. The summed E-state index contributed by atoms with van der Waals surface area (Å²) in [7, 11) is 0. The maximum atomic E-state index is 11.4. The first kappa shape index (κ1) is 29.8. The van der Waals surface area contributed by atoms with E-state index in [4.69, 9.17) is 0 Å². The number of amides is 2. The quantitative estimate of drug-likeness (QED) is 0.531. The molecular weight excluding hydrogens is 400 g/mol. The van der Waals surface area contributed by atoms with Gasteiger partial charge in [0, 0.05) is 38.0 Å². The normalized spacial score (nSPS) is 16.7. The molecular formula is C27H46N2O3. The number of carbonyl (C=O) groups is 3. The van der Waals surface area contributed by atoms with Crippen LogP contribution in [0.1, 0.15) is 92.4 Å². The van der Waals surface area contributed by atoms with E-state index < -0.39 is 0 Å². The first-order valence-electron chi connectivity index (χ1n) is 12.6. The number of carbonyl (C=O) groups excluding carboxylic acids is 3. The van der Waals surface area contributed by atoms with Gasteiger partial charge in [-0.25, -0.2) is 0 Å². The Morgan fingerprint density at radius 3 is 1.66 bits per heavy atom. The summed E-state index contributed by atoms with van der Waals surface area (Å²) in [6, 6.07) is 12.0. The molecule has 1 aliphatic carbocycles. The number of hydrogen-bond acceptors (Lipinski definition) is 3. The second kappa shape index (κ2) is 18.4. The lowest BCUT2D eigenvalue weighted by Crippen LogP contribution is -2.29. The minimum atomic E-state index is 0.175. The summed E-state index contributed by atoms with van der Waals surface area (Å²) < 4.78 is 0. The molecule has 1 aromatic carbocycles. The average Bonchev–Trinajstić information content (AvgIpc) is 3.23. The Hall–Kier alpha value is -2.17. The maximum absolute atomic E-state index is 11.4. The van der Waals surface area contributed by atoms with E-state index >= 15 is 0 Å². The van der Waals surface area contributed by atoms with E-state index in [1.807, 2.05) is 73.9 Å². The molecule has 0 N–H and O–H groups in total. The summed E-state index contributed by atoms with van der Waals surface area (Å²) >= 11 is 0. The van der Waals surface area contributed by atoms with Gasteiger partial charge in [0.25, 0.3) is 0 Å². The molecule has 0 bridgehead atoms. The monoisotopic (exact) mass is 446 g/mol. The van der Waals surface area contributed by atoms with Crippen LogP contribution in [-0.2, 0) is 14.4 Å². The van der Waals surface area contributed by atoms with Crippen LogP contribution >= 0.6 is 0 Å². The summed E-state index contributed by atoms with van der Waals surface area (Å²) in [5.74, 6) is 0.396. The smallest absolute Gasteiger partial charge is 0.222 e. The fourth-order valence-corrected chi connectivity index (χ4v) is 3.80. The van der Waals surface area contributed by atoms with E-state index in [2.05, 4.69) is 0 Å². The van der Waals surface area contributed by atoms with Crippen molar-refractivity contribution < 1.29 is 14.4 Å². The summed E-state index contributed by atoms with van der Waals surface area (Å²) in [4.78, 5) is 36.3. The lowest BCUT2D eigenvalue weighted by molar-refractivity contribution is -0.130. The number of rotatable bonds is 5. The van der Waals surface area contributed by atoms with Gasteiger partial charge in [-0.05, 0) is 51.9 Å². The van der Waals surface area contributed by atoms with E-state index in [1.54, 1.807) is 6.92 Å². The molecule has 3 aliphatic rings. The molecule has 2 aliphatic heterocycles. The molecule has 2 saturated heterocycles. The Bertz CT molecular complexity index is 582. The Kier molecular flexibility index (Phi) is 17.2. The number of hydrogen-bond donors (Lipinski definition) is 0. The van der Waals surface area contributed by atoms with E-state index in [0.717, 1.165) is 38.9 Å². The van der Waals surface area contributed by atoms with Crippen LogP contribution in [0.25, 0.3) is 0 Å². The number of likely N-dealkylation sites (tertiary alicyclic amines) is 2. The van der Waals surface area contributed by atoms with Crippen molar-refractivity contribution in [3.8, 4) is 0 Å².